The fourth-order valence-electron chi connectivity index (χ4n) is 1.14. The van der Waals surface area contributed by atoms with Crippen LogP contribution in [0.1, 0.15) is 40.0 Å². The van der Waals surface area contributed by atoms with E-state index in [1.807, 2.05) is 6.92 Å². The van der Waals surface area contributed by atoms with E-state index in [-0.39, 0.29) is 18.7 Å². The van der Waals surface area contributed by atoms with Crippen molar-refractivity contribution in [1.29, 1.82) is 0 Å². The van der Waals surface area contributed by atoms with Gasteiger partial charge in [-0.2, -0.15) is 0 Å². The molecule has 0 radical (unpaired) electrons. The monoisotopic (exact) mass is 259 g/mol. The molecule has 1 atom stereocenters. The number of amides is 1. The molecule has 0 fully saturated rings. The lowest BCUT2D eigenvalue weighted by Crippen LogP contribution is -2.46. The number of esters is 1. The van der Waals surface area contributed by atoms with E-state index in [0.717, 1.165) is 0 Å². The van der Waals surface area contributed by atoms with Gasteiger partial charge in [0.1, 0.15) is 6.04 Å². The van der Waals surface area contributed by atoms with Crippen molar-refractivity contribution in [1.82, 2.24) is 5.32 Å². The summed E-state index contributed by atoms with van der Waals surface area (Å²) in [5.41, 5.74) is -0.626. The summed E-state index contributed by atoms with van der Waals surface area (Å²) in [5.74, 6) is -1.98. The van der Waals surface area contributed by atoms with Crippen LogP contribution in [0.3, 0.4) is 0 Å². The number of carboxylic acid groups (broad SMARTS) is 1. The van der Waals surface area contributed by atoms with Gasteiger partial charge in [-0.25, -0.2) is 4.79 Å². The van der Waals surface area contributed by atoms with Gasteiger partial charge in [-0.1, -0.05) is 20.8 Å². The lowest BCUT2D eigenvalue weighted by Gasteiger charge is -2.24. The van der Waals surface area contributed by atoms with Crippen LogP contribution in [-0.2, 0) is 19.1 Å². The summed E-state index contributed by atoms with van der Waals surface area (Å²) in [7, 11) is 1.23. The number of methoxy groups -OCH3 is 1. The lowest BCUT2D eigenvalue weighted by molar-refractivity contribution is -0.145. The molecular weight excluding hydrogens is 238 g/mol. The summed E-state index contributed by atoms with van der Waals surface area (Å²) < 4.78 is 4.43. The highest BCUT2D eigenvalue weighted by atomic mass is 16.5. The maximum absolute atomic E-state index is 11.8. The molecule has 0 bridgehead atoms. The number of carbonyl (C=O) groups excluding carboxylic acids is 2. The molecule has 0 aromatic heterocycles. The van der Waals surface area contributed by atoms with Crippen molar-refractivity contribution >= 4 is 17.8 Å². The molecule has 0 saturated carbocycles. The molecule has 0 spiro atoms. The van der Waals surface area contributed by atoms with Crippen LogP contribution in [0.5, 0.6) is 0 Å². The molecule has 0 unspecified atom stereocenters. The molecular formula is C12H21NO5. The smallest absolute Gasteiger partial charge is 0.326 e. The van der Waals surface area contributed by atoms with Gasteiger partial charge < -0.3 is 15.2 Å². The molecule has 0 rings (SSSR count). The molecule has 0 aliphatic heterocycles. The number of hydrogen-bond acceptors (Lipinski definition) is 4. The third-order valence-electron chi connectivity index (χ3n) is 2.97. The molecule has 0 aliphatic rings. The van der Waals surface area contributed by atoms with Gasteiger partial charge in [0.05, 0.1) is 7.11 Å². The molecule has 1 amide bonds. The van der Waals surface area contributed by atoms with Gasteiger partial charge in [0.25, 0.3) is 0 Å². The Bertz CT molecular complexity index is 324. The third-order valence-corrected chi connectivity index (χ3v) is 2.97. The van der Waals surface area contributed by atoms with Gasteiger partial charge in [0.15, 0.2) is 0 Å². The Balaban J connectivity index is 4.50. The fraction of sp³-hybridized carbons (Fsp3) is 0.750. The highest BCUT2D eigenvalue weighted by molar-refractivity contribution is 5.87. The zero-order valence-corrected chi connectivity index (χ0v) is 11.3. The predicted molar refractivity (Wildman–Crippen MR) is 64.9 cm³/mol. The standard InChI is InChI=1S/C12H21NO5/c1-5-12(2,3)11(17)13-8(10(15)16)6-7-9(14)18-4/h8H,5-7H2,1-4H3,(H,13,17)(H,15,16)/t8-/m0/s1. The number of ether oxygens (including phenoxy) is 1. The molecule has 104 valence electrons. The molecule has 0 heterocycles. The van der Waals surface area contributed by atoms with Crippen LogP contribution in [0.15, 0.2) is 0 Å². The Labute approximate surface area is 107 Å². The van der Waals surface area contributed by atoms with Crippen LogP contribution in [0.4, 0.5) is 0 Å². The van der Waals surface area contributed by atoms with Crippen molar-refractivity contribution in [2.45, 2.75) is 46.1 Å². The largest absolute Gasteiger partial charge is 0.480 e. The van der Waals surface area contributed by atoms with Crippen LogP contribution in [0, 0.1) is 5.41 Å². The second-order valence-corrected chi connectivity index (χ2v) is 4.72. The van der Waals surface area contributed by atoms with Crippen molar-refractivity contribution in [2.75, 3.05) is 7.11 Å². The molecule has 6 heteroatoms. The van der Waals surface area contributed by atoms with E-state index >= 15 is 0 Å². The summed E-state index contributed by atoms with van der Waals surface area (Å²) in [6.45, 7) is 5.33. The normalized spacial score (nSPS) is 12.7. The first-order valence-electron chi connectivity index (χ1n) is 5.85. The van der Waals surface area contributed by atoms with E-state index in [2.05, 4.69) is 10.1 Å². The summed E-state index contributed by atoms with van der Waals surface area (Å²) in [6, 6.07) is -1.07. The van der Waals surface area contributed by atoms with Crippen molar-refractivity contribution in [3.63, 3.8) is 0 Å². The first-order valence-corrected chi connectivity index (χ1v) is 5.85. The zero-order chi connectivity index (χ0) is 14.3. The van der Waals surface area contributed by atoms with E-state index in [1.165, 1.54) is 7.11 Å². The van der Waals surface area contributed by atoms with Crippen LogP contribution in [0.25, 0.3) is 0 Å². The Hall–Kier alpha value is -1.59. The molecule has 2 N–H and O–H groups in total. The van der Waals surface area contributed by atoms with Crippen molar-refractivity contribution in [3.8, 4) is 0 Å². The van der Waals surface area contributed by atoms with E-state index in [0.29, 0.717) is 6.42 Å². The number of nitrogens with one attached hydrogen (secondary N) is 1. The second-order valence-electron chi connectivity index (χ2n) is 4.72. The highest BCUT2D eigenvalue weighted by Crippen LogP contribution is 2.20. The first kappa shape index (κ1) is 16.4. The van der Waals surface area contributed by atoms with E-state index in [4.69, 9.17) is 5.11 Å². The summed E-state index contributed by atoms with van der Waals surface area (Å²) in [6.07, 6.45) is 0.579. The topological polar surface area (TPSA) is 92.7 Å². The van der Waals surface area contributed by atoms with E-state index < -0.39 is 23.4 Å². The van der Waals surface area contributed by atoms with Crippen LogP contribution >= 0.6 is 0 Å². The molecule has 6 nitrogen and oxygen atoms in total. The number of aliphatic carboxylic acids is 1. The third kappa shape index (κ3) is 5.16. The Morgan fingerprint density at radius 2 is 1.89 bits per heavy atom. The van der Waals surface area contributed by atoms with Crippen molar-refractivity contribution in [2.24, 2.45) is 5.41 Å². The number of rotatable bonds is 7. The maximum Gasteiger partial charge on any atom is 0.326 e. The van der Waals surface area contributed by atoms with Crippen molar-refractivity contribution in [3.05, 3.63) is 0 Å². The van der Waals surface area contributed by atoms with Gasteiger partial charge >= 0.3 is 11.9 Å². The summed E-state index contributed by atoms with van der Waals surface area (Å²) >= 11 is 0. The molecule has 0 aromatic rings. The summed E-state index contributed by atoms with van der Waals surface area (Å²) in [5, 5.41) is 11.4. The van der Waals surface area contributed by atoms with Crippen LogP contribution in [0.2, 0.25) is 0 Å². The minimum atomic E-state index is -1.15. The Morgan fingerprint density at radius 3 is 2.28 bits per heavy atom. The number of hydrogen-bond donors (Lipinski definition) is 2. The molecule has 0 aliphatic carbocycles. The van der Waals surface area contributed by atoms with E-state index in [1.54, 1.807) is 13.8 Å². The second kappa shape index (κ2) is 6.98. The Kier molecular flexibility index (Phi) is 6.36. The van der Waals surface area contributed by atoms with Crippen LogP contribution < -0.4 is 5.32 Å². The average Bonchev–Trinajstić information content (AvgIpc) is 2.32. The summed E-state index contributed by atoms with van der Waals surface area (Å²) in [4.78, 5) is 33.8. The van der Waals surface area contributed by atoms with Gasteiger partial charge in [0, 0.05) is 11.8 Å². The maximum atomic E-state index is 11.8. The Morgan fingerprint density at radius 1 is 1.33 bits per heavy atom. The quantitative estimate of drug-likeness (QED) is 0.664. The molecule has 0 saturated heterocycles. The van der Waals surface area contributed by atoms with Gasteiger partial charge in [0.2, 0.25) is 5.91 Å². The predicted octanol–water partition coefficient (Wildman–Crippen LogP) is 0.945. The van der Waals surface area contributed by atoms with Gasteiger partial charge in [-0.05, 0) is 12.8 Å². The lowest BCUT2D eigenvalue weighted by atomic mass is 9.89. The van der Waals surface area contributed by atoms with Gasteiger partial charge in [-0.3, -0.25) is 9.59 Å². The number of carboxylic acids is 1. The van der Waals surface area contributed by atoms with Gasteiger partial charge in [-0.15, -0.1) is 0 Å². The number of carbonyl (C=O) groups is 3. The van der Waals surface area contributed by atoms with Crippen LogP contribution in [-0.4, -0.2) is 36.1 Å². The SMILES string of the molecule is CCC(C)(C)C(=O)N[C@@H](CCC(=O)OC)C(=O)O. The minimum Gasteiger partial charge on any atom is -0.480 e. The first-order chi connectivity index (χ1) is 8.24. The van der Waals surface area contributed by atoms with Crippen molar-refractivity contribution < 1.29 is 24.2 Å². The molecule has 18 heavy (non-hydrogen) atoms. The highest BCUT2D eigenvalue weighted by Gasteiger charge is 2.29. The fourth-order valence-corrected chi connectivity index (χ4v) is 1.14. The molecule has 0 aromatic carbocycles. The zero-order valence-electron chi connectivity index (χ0n) is 11.3. The average molecular weight is 259 g/mol. The minimum absolute atomic E-state index is 0.0214. The van der Waals surface area contributed by atoms with E-state index in [9.17, 15) is 14.4 Å².